The molecule has 1 amide bonds. The van der Waals surface area contributed by atoms with Crippen LogP contribution < -0.4 is 0 Å². The summed E-state index contributed by atoms with van der Waals surface area (Å²) in [5, 5.41) is 0. The summed E-state index contributed by atoms with van der Waals surface area (Å²) in [7, 11) is -5.72. The molecule has 0 saturated heterocycles. The van der Waals surface area contributed by atoms with E-state index < -0.39 is 27.3 Å². The van der Waals surface area contributed by atoms with Crippen LogP contribution in [0.3, 0.4) is 0 Å². The molecule has 0 spiro atoms. The van der Waals surface area contributed by atoms with Crippen molar-refractivity contribution in [3.05, 3.63) is 11.8 Å². The van der Waals surface area contributed by atoms with Crippen LogP contribution in [-0.2, 0) is 19.1 Å². The molecule has 5 nitrogen and oxygen atoms in total. The molecule has 0 aliphatic rings. The predicted molar refractivity (Wildman–Crippen MR) is 57.7 cm³/mol. The third-order valence-corrected chi connectivity index (χ3v) is 2.98. The smallest absolute Gasteiger partial charge is 0.381 e. The van der Waals surface area contributed by atoms with Gasteiger partial charge in [-0.05, 0) is 20.8 Å². The summed E-state index contributed by atoms with van der Waals surface area (Å²) in [6.07, 6.45) is 0.705. The van der Waals surface area contributed by atoms with Gasteiger partial charge in [0.15, 0.2) is 0 Å². The molecule has 106 valence electrons. The Morgan fingerprint density at radius 3 is 2.06 bits per heavy atom. The van der Waals surface area contributed by atoms with E-state index in [1.54, 1.807) is 13.8 Å². The molecule has 0 radical (unpaired) electrons. The first-order chi connectivity index (χ1) is 8.05. The number of amides is 1. The molecule has 0 bridgehead atoms. The molecule has 0 aromatic rings. The van der Waals surface area contributed by atoms with Gasteiger partial charge in [-0.3, -0.25) is 4.79 Å². The van der Waals surface area contributed by atoms with E-state index >= 15 is 0 Å². The summed E-state index contributed by atoms with van der Waals surface area (Å²) < 4.78 is 61.0. The van der Waals surface area contributed by atoms with E-state index in [9.17, 15) is 26.4 Å². The van der Waals surface area contributed by atoms with Crippen LogP contribution in [-0.4, -0.2) is 37.8 Å². The number of rotatable bonds is 5. The zero-order valence-corrected chi connectivity index (χ0v) is 10.9. The van der Waals surface area contributed by atoms with Crippen molar-refractivity contribution < 1.29 is 30.6 Å². The molecule has 0 rings (SSSR count). The van der Waals surface area contributed by atoms with Crippen LogP contribution in [0.1, 0.15) is 20.8 Å². The van der Waals surface area contributed by atoms with Crippen LogP contribution in [0.15, 0.2) is 11.8 Å². The number of hydrogen-bond donors (Lipinski definition) is 0. The summed E-state index contributed by atoms with van der Waals surface area (Å²) >= 11 is 0. The molecule has 0 aliphatic carbocycles. The van der Waals surface area contributed by atoms with Crippen molar-refractivity contribution in [3.63, 3.8) is 0 Å². The lowest BCUT2D eigenvalue weighted by molar-refractivity contribution is -0.125. The largest absolute Gasteiger partial charge is 0.534 e. The normalized spacial score (nSPS) is 13.3. The lowest BCUT2D eigenvalue weighted by atomic mass is 10.4. The highest BCUT2D eigenvalue weighted by Gasteiger charge is 2.48. The van der Waals surface area contributed by atoms with Crippen molar-refractivity contribution in [2.75, 3.05) is 13.1 Å². The highest BCUT2D eigenvalue weighted by atomic mass is 32.2. The molecule has 0 saturated carbocycles. The Balaban J connectivity index is 4.89. The van der Waals surface area contributed by atoms with Gasteiger partial charge in [0.25, 0.3) is 0 Å². The molecule has 18 heavy (non-hydrogen) atoms. The molecule has 0 unspecified atom stereocenters. The Labute approximate surface area is 103 Å². The Hall–Kier alpha value is -1.25. The van der Waals surface area contributed by atoms with Gasteiger partial charge >= 0.3 is 15.6 Å². The Morgan fingerprint density at radius 1 is 1.28 bits per heavy atom. The van der Waals surface area contributed by atoms with Crippen molar-refractivity contribution in [3.8, 4) is 0 Å². The van der Waals surface area contributed by atoms with Gasteiger partial charge in [0.05, 0.1) is 0 Å². The maximum Gasteiger partial charge on any atom is 0.534 e. The molecule has 0 fully saturated rings. The zero-order chi connectivity index (χ0) is 14.6. The predicted octanol–water partition coefficient (Wildman–Crippen LogP) is 1.62. The Bertz CT molecular complexity index is 424. The van der Waals surface area contributed by atoms with Gasteiger partial charge in [-0.25, -0.2) is 0 Å². The van der Waals surface area contributed by atoms with E-state index in [4.69, 9.17) is 0 Å². The van der Waals surface area contributed by atoms with Crippen molar-refractivity contribution in [1.82, 2.24) is 4.90 Å². The van der Waals surface area contributed by atoms with E-state index in [2.05, 4.69) is 4.18 Å². The van der Waals surface area contributed by atoms with E-state index in [0.29, 0.717) is 19.2 Å². The average Bonchev–Trinajstić information content (AvgIpc) is 2.16. The first-order valence-electron chi connectivity index (χ1n) is 5.03. The number of alkyl halides is 3. The summed E-state index contributed by atoms with van der Waals surface area (Å²) in [6, 6.07) is 0. The van der Waals surface area contributed by atoms with E-state index in [1.165, 1.54) is 4.90 Å². The minimum Gasteiger partial charge on any atom is -0.381 e. The monoisotopic (exact) mass is 289 g/mol. The van der Waals surface area contributed by atoms with E-state index in [0.717, 1.165) is 6.92 Å². The van der Waals surface area contributed by atoms with Crippen LogP contribution in [0.4, 0.5) is 13.2 Å². The highest BCUT2D eigenvalue weighted by molar-refractivity contribution is 7.87. The van der Waals surface area contributed by atoms with Crippen LogP contribution in [0.5, 0.6) is 0 Å². The lowest BCUT2D eigenvalue weighted by Crippen LogP contribution is -2.29. The minimum atomic E-state index is -5.72. The van der Waals surface area contributed by atoms with E-state index in [1.807, 2.05) is 0 Å². The van der Waals surface area contributed by atoms with Gasteiger partial charge < -0.3 is 9.08 Å². The second-order valence-corrected chi connectivity index (χ2v) is 4.79. The van der Waals surface area contributed by atoms with Crippen molar-refractivity contribution in [1.29, 1.82) is 0 Å². The Kier molecular flexibility index (Phi) is 5.65. The lowest BCUT2D eigenvalue weighted by Gasteiger charge is -2.16. The molecule has 9 heteroatoms. The van der Waals surface area contributed by atoms with E-state index in [-0.39, 0.29) is 0 Å². The number of carbonyl (C=O) groups excluding carboxylic acids is 1. The van der Waals surface area contributed by atoms with Gasteiger partial charge in [-0.1, -0.05) is 0 Å². The van der Waals surface area contributed by atoms with Gasteiger partial charge in [0.1, 0.15) is 5.76 Å². The Morgan fingerprint density at radius 2 is 1.72 bits per heavy atom. The minimum absolute atomic E-state index is 0.352. The fourth-order valence-electron chi connectivity index (χ4n) is 1.04. The number of carbonyl (C=O) groups is 1. The second kappa shape index (κ2) is 6.07. The topological polar surface area (TPSA) is 63.7 Å². The third kappa shape index (κ3) is 4.55. The molecule has 0 heterocycles. The first kappa shape index (κ1) is 16.8. The maximum absolute atomic E-state index is 12.0. The van der Waals surface area contributed by atoms with Crippen LogP contribution in [0.25, 0.3) is 0 Å². The number of likely N-dealkylation sites (N-methyl/N-ethyl adjacent to an activating group) is 1. The van der Waals surface area contributed by atoms with Gasteiger partial charge in [-0.15, -0.1) is 0 Å². The summed E-state index contributed by atoms with van der Waals surface area (Å²) in [5.41, 5.74) is -5.51. The number of nitrogens with zero attached hydrogens (tertiary/aromatic N) is 1. The fraction of sp³-hybridized carbons (Fsp3) is 0.667. The summed E-state index contributed by atoms with van der Waals surface area (Å²) in [5.74, 6) is -1.25. The zero-order valence-electron chi connectivity index (χ0n) is 10.1. The molecular formula is C9H14F3NO4S. The standard InChI is InChI=1S/C9H14F3NO4S/c1-4-13(5-2)8(14)6-7(3)17-18(15,16)9(10,11)12/h6H,4-5H2,1-3H3/b7-6-. The number of halogens is 3. The van der Waals surface area contributed by atoms with Crippen LogP contribution in [0.2, 0.25) is 0 Å². The highest BCUT2D eigenvalue weighted by Crippen LogP contribution is 2.26. The number of allylic oxidation sites excluding steroid dienone is 1. The van der Waals surface area contributed by atoms with Crippen LogP contribution >= 0.6 is 0 Å². The quantitative estimate of drug-likeness (QED) is 0.334. The SMILES string of the molecule is CCN(CC)C(=O)/C=C(/C)OS(=O)(=O)C(F)(F)F. The summed E-state index contributed by atoms with van der Waals surface area (Å²) in [4.78, 5) is 12.7. The fourth-order valence-corrected chi connectivity index (χ4v) is 1.53. The van der Waals surface area contributed by atoms with Gasteiger partial charge in [0, 0.05) is 19.2 Å². The van der Waals surface area contributed by atoms with Crippen LogP contribution in [0, 0.1) is 0 Å². The molecule has 0 aromatic heterocycles. The average molecular weight is 289 g/mol. The molecule has 0 N–H and O–H groups in total. The van der Waals surface area contributed by atoms with Crippen molar-refractivity contribution in [2.45, 2.75) is 26.3 Å². The van der Waals surface area contributed by atoms with Crippen molar-refractivity contribution in [2.24, 2.45) is 0 Å². The first-order valence-corrected chi connectivity index (χ1v) is 6.44. The van der Waals surface area contributed by atoms with Gasteiger partial charge in [-0.2, -0.15) is 21.6 Å². The molecule has 0 aliphatic heterocycles. The molecular weight excluding hydrogens is 275 g/mol. The summed E-state index contributed by atoms with van der Waals surface area (Å²) in [6.45, 7) is 5.02. The molecule has 0 aromatic carbocycles. The third-order valence-electron chi connectivity index (χ3n) is 1.93. The van der Waals surface area contributed by atoms with Gasteiger partial charge in [0.2, 0.25) is 5.91 Å². The second-order valence-electron chi connectivity index (χ2n) is 3.25. The van der Waals surface area contributed by atoms with Crippen molar-refractivity contribution >= 4 is 16.0 Å². The maximum atomic E-state index is 12.0. The molecule has 0 atom stereocenters. The number of hydrogen-bond acceptors (Lipinski definition) is 4.